The van der Waals surface area contributed by atoms with Crippen LogP contribution in [0.4, 0.5) is 4.39 Å². The number of carbonyl (C=O) groups is 2. The number of carbonyl (C=O) groups excluding carboxylic acids is 2. The Balaban J connectivity index is 1.69. The molecule has 4 aromatic rings. The first-order valence-corrected chi connectivity index (χ1v) is 14.2. The number of fused-ring (bicyclic) bond motifs is 1. The molecule has 2 heterocycles. The third kappa shape index (κ3) is 5.94. The van der Waals surface area contributed by atoms with Crippen LogP contribution < -0.4 is 0 Å². The van der Waals surface area contributed by atoms with Gasteiger partial charge in [-0.2, -0.15) is 0 Å². The van der Waals surface area contributed by atoms with Crippen LogP contribution >= 0.6 is 34.8 Å². The summed E-state index contributed by atoms with van der Waals surface area (Å²) in [6.07, 6.45) is 6.77. The Labute approximate surface area is 252 Å². The van der Waals surface area contributed by atoms with Crippen LogP contribution in [0.5, 0.6) is 0 Å². The van der Waals surface area contributed by atoms with E-state index in [9.17, 15) is 9.59 Å². The van der Waals surface area contributed by atoms with Gasteiger partial charge in [0.05, 0.1) is 15.6 Å². The molecule has 0 amide bonds. The van der Waals surface area contributed by atoms with Crippen LogP contribution in [0.15, 0.2) is 47.1 Å². The van der Waals surface area contributed by atoms with Gasteiger partial charge >= 0.3 is 5.97 Å². The Morgan fingerprint density at radius 2 is 1.76 bits per heavy atom. The molecule has 41 heavy (non-hydrogen) atoms. The van der Waals surface area contributed by atoms with Crippen molar-refractivity contribution < 1.29 is 23.2 Å². The van der Waals surface area contributed by atoms with Crippen LogP contribution in [0.1, 0.15) is 80.6 Å². The molecule has 2 aromatic carbocycles. The number of benzene rings is 2. The van der Waals surface area contributed by atoms with Gasteiger partial charge < -0.3 is 9.26 Å². The van der Waals surface area contributed by atoms with Gasteiger partial charge in [0, 0.05) is 28.2 Å². The third-order valence-electron chi connectivity index (χ3n) is 6.62. The second kappa shape index (κ2) is 10.6. The van der Waals surface area contributed by atoms with Crippen molar-refractivity contribution in [3.05, 3.63) is 80.1 Å². The molecule has 10 heteroatoms. The van der Waals surface area contributed by atoms with Crippen LogP contribution in [0.2, 0.25) is 15.1 Å². The van der Waals surface area contributed by atoms with E-state index in [1.165, 1.54) is 36.6 Å². The van der Waals surface area contributed by atoms with Crippen LogP contribution in [0.25, 0.3) is 28.2 Å². The summed E-state index contributed by atoms with van der Waals surface area (Å²) in [7, 11) is 0. The second-order valence-corrected chi connectivity index (χ2v) is 12.8. The number of aromatic nitrogens is 2. The molecule has 0 atom stereocenters. The minimum absolute atomic E-state index is 0.0122. The number of hydrogen-bond donors (Lipinski definition) is 0. The van der Waals surface area contributed by atoms with Gasteiger partial charge in [-0.1, -0.05) is 52.1 Å². The average molecular weight is 618 g/mol. The van der Waals surface area contributed by atoms with Crippen molar-refractivity contribution in [1.82, 2.24) is 9.72 Å². The topological polar surface area (TPSA) is 74.3 Å². The normalized spacial score (nSPS) is 14.3. The number of esters is 1. The molecule has 0 spiro atoms. The minimum Gasteiger partial charge on any atom is -0.457 e. The maximum absolute atomic E-state index is 15.4. The molecule has 2 aromatic heterocycles. The monoisotopic (exact) mass is 616 g/mol. The third-order valence-corrected chi connectivity index (χ3v) is 7.44. The summed E-state index contributed by atoms with van der Waals surface area (Å²) in [6, 6.07) is 8.40. The maximum Gasteiger partial charge on any atom is 0.331 e. The fourth-order valence-electron chi connectivity index (χ4n) is 4.80. The number of ether oxygens (including phenoxy) is 1. The number of halogens is 4. The predicted octanol–water partition coefficient (Wildman–Crippen LogP) is 9.38. The van der Waals surface area contributed by atoms with Crippen LogP contribution in [-0.2, 0) is 15.2 Å². The van der Waals surface area contributed by atoms with Crippen LogP contribution in [-0.4, -0.2) is 27.2 Å². The quantitative estimate of drug-likeness (QED) is 0.159. The maximum atomic E-state index is 15.4. The Kier molecular flexibility index (Phi) is 7.60. The molecule has 0 bridgehead atoms. The first kappa shape index (κ1) is 29.4. The number of nitrogens with zero attached hydrogens (tertiary/aromatic N) is 2. The van der Waals surface area contributed by atoms with Gasteiger partial charge in [0.2, 0.25) is 0 Å². The van der Waals surface area contributed by atoms with Crippen LogP contribution in [0.3, 0.4) is 0 Å². The Hall–Kier alpha value is -3.13. The predicted molar refractivity (Wildman–Crippen MR) is 160 cm³/mol. The molecular weight excluding hydrogens is 590 g/mol. The van der Waals surface area contributed by atoms with E-state index in [1.54, 1.807) is 45.2 Å². The van der Waals surface area contributed by atoms with Gasteiger partial charge in [-0.05, 0) is 88.8 Å². The van der Waals surface area contributed by atoms with Crippen molar-refractivity contribution in [1.29, 1.82) is 0 Å². The SMILES string of the molecule is CC(C)(C)OC(=O)/C=C/c1cccc2c1c(C1CC1)cn2C(=O)c1c(-c2c(Cl)cc(Cl)cc2Cl)noc1C(C)(C)F. The fraction of sp³-hybridized carbons (Fsp3) is 0.323. The summed E-state index contributed by atoms with van der Waals surface area (Å²) in [5.74, 6) is -1.04. The number of alkyl halides is 1. The summed E-state index contributed by atoms with van der Waals surface area (Å²) in [5, 5.41) is 5.45. The van der Waals surface area contributed by atoms with Crippen LogP contribution in [0, 0.1) is 0 Å². The first-order chi connectivity index (χ1) is 19.2. The van der Waals surface area contributed by atoms with Crippen molar-refractivity contribution in [2.24, 2.45) is 0 Å². The van der Waals surface area contributed by atoms with E-state index in [0.29, 0.717) is 10.5 Å². The summed E-state index contributed by atoms with van der Waals surface area (Å²) >= 11 is 19.1. The largest absolute Gasteiger partial charge is 0.457 e. The van der Waals surface area contributed by atoms with E-state index < -0.39 is 23.1 Å². The van der Waals surface area contributed by atoms with Crippen molar-refractivity contribution in [3.8, 4) is 11.3 Å². The lowest BCUT2D eigenvalue weighted by Crippen LogP contribution is -2.22. The lowest BCUT2D eigenvalue weighted by molar-refractivity contribution is -0.148. The molecule has 0 radical (unpaired) electrons. The molecule has 0 aliphatic heterocycles. The number of hydrogen-bond acceptors (Lipinski definition) is 5. The van der Waals surface area contributed by atoms with Crippen molar-refractivity contribution in [2.75, 3.05) is 0 Å². The molecule has 1 fully saturated rings. The van der Waals surface area contributed by atoms with Gasteiger partial charge in [-0.3, -0.25) is 9.36 Å². The summed E-state index contributed by atoms with van der Waals surface area (Å²) in [6.45, 7) is 7.95. The van der Waals surface area contributed by atoms with E-state index in [1.807, 2.05) is 6.07 Å². The van der Waals surface area contributed by atoms with Crippen molar-refractivity contribution in [3.63, 3.8) is 0 Å². The highest BCUT2D eigenvalue weighted by Crippen LogP contribution is 2.46. The molecule has 5 rings (SSSR count). The molecule has 214 valence electrons. The molecule has 0 N–H and O–H groups in total. The Morgan fingerprint density at radius 3 is 2.34 bits per heavy atom. The molecule has 1 aliphatic rings. The smallest absolute Gasteiger partial charge is 0.331 e. The highest BCUT2D eigenvalue weighted by Gasteiger charge is 2.38. The lowest BCUT2D eigenvalue weighted by Gasteiger charge is -2.17. The lowest BCUT2D eigenvalue weighted by atomic mass is 9.98. The Bertz CT molecular complexity index is 1700. The fourth-order valence-corrected chi connectivity index (χ4v) is 5.80. The zero-order chi connectivity index (χ0) is 29.9. The summed E-state index contributed by atoms with van der Waals surface area (Å²) in [4.78, 5) is 26.8. The van der Waals surface area contributed by atoms with Gasteiger partial charge in [-0.25, -0.2) is 9.18 Å². The highest BCUT2D eigenvalue weighted by molar-refractivity contribution is 6.42. The minimum atomic E-state index is -2.05. The van der Waals surface area contributed by atoms with E-state index in [2.05, 4.69) is 5.16 Å². The molecule has 0 unspecified atom stereocenters. The van der Waals surface area contributed by atoms with E-state index in [-0.39, 0.29) is 38.5 Å². The van der Waals surface area contributed by atoms with E-state index in [0.717, 1.165) is 29.4 Å². The summed E-state index contributed by atoms with van der Waals surface area (Å²) < 4.78 is 27.7. The standard InChI is InChI=1S/C31H28Cl3FN2O4/c1-30(2,3)40-23(38)12-11-17-7-6-8-22-24(17)19(16-9-10-16)15-37(22)29(39)26-27(36-41-28(26)31(4,5)35)25-20(33)13-18(32)14-21(25)34/h6-8,11-16H,9-10H2,1-5H3/b12-11+. The van der Waals surface area contributed by atoms with Gasteiger partial charge in [0.25, 0.3) is 5.91 Å². The second-order valence-electron chi connectivity index (χ2n) is 11.6. The number of rotatable bonds is 6. The molecular formula is C31H28Cl3FN2O4. The molecule has 0 saturated heterocycles. The highest BCUT2D eigenvalue weighted by atomic mass is 35.5. The van der Waals surface area contributed by atoms with Gasteiger partial charge in [0.15, 0.2) is 11.4 Å². The molecule has 1 saturated carbocycles. The zero-order valence-corrected chi connectivity index (χ0v) is 25.4. The first-order valence-electron chi connectivity index (χ1n) is 13.1. The average Bonchev–Trinajstić information content (AvgIpc) is 3.46. The van der Waals surface area contributed by atoms with Gasteiger partial charge in [0.1, 0.15) is 16.9 Å². The summed E-state index contributed by atoms with van der Waals surface area (Å²) in [5.41, 5.74) is -0.259. The van der Waals surface area contributed by atoms with Gasteiger partial charge in [-0.15, -0.1) is 0 Å². The van der Waals surface area contributed by atoms with E-state index >= 15 is 4.39 Å². The zero-order valence-electron chi connectivity index (χ0n) is 23.1. The Morgan fingerprint density at radius 1 is 1.10 bits per heavy atom. The van der Waals surface area contributed by atoms with Crippen molar-refractivity contribution in [2.45, 2.75) is 64.6 Å². The molecule has 1 aliphatic carbocycles. The molecule has 6 nitrogen and oxygen atoms in total. The van der Waals surface area contributed by atoms with E-state index in [4.69, 9.17) is 44.1 Å². The van der Waals surface area contributed by atoms with Crippen molar-refractivity contribution >= 4 is 63.7 Å².